The van der Waals surface area contributed by atoms with E-state index < -0.39 is 41.8 Å². The van der Waals surface area contributed by atoms with E-state index in [1.807, 2.05) is 55.5 Å². The molecule has 1 aliphatic carbocycles. The number of hydrogen-bond donors (Lipinski definition) is 2. The van der Waals surface area contributed by atoms with Crippen LogP contribution in [0.3, 0.4) is 0 Å². The van der Waals surface area contributed by atoms with Gasteiger partial charge < -0.3 is 14.8 Å². The highest BCUT2D eigenvalue weighted by atomic mass is 16.6. The molecule has 0 bridgehead atoms. The van der Waals surface area contributed by atoms with Crippen LogP contribution in [0.5, 0.6) is 5.75 Å². The highest BCUT2D eigenvalue weighted by Gasteiger charge is 2.57. The van der Waals surface area contributed by atoms with Crippen molar-refractivity contribution in [1.82, 2.24) is 0 Å². The lowest BCUT2D eigenvalue weighted by Crippen LogP contribution is -2.46. The fourth-order valence-electron chi connectivity index (χ4n) is 6.96. The molecule has 3 aromatic carbocycles. The Labute approximate surface area is 249 Å². The number of imide groups is 1. The summed E-state index contributed by atoms with van der Waals surface area (Å²) in [4.78, 5) is 39.3. The third-order valence-electron chi connectivity index (χ3n) is 8.84. The van der Waals surface area contributed by atoms with Crippen LogP contribution in [0.15, 0.2) is 90.0 Å². The first-order valence-electron chi connectivity index (χ1n) is 14.4. The largest absolute Gasteiger partial charge is 0.507 e. The van der Waals surface area contributed by atoms with Gasteiger partial charge in [0.15, 0.2) is 0 Å². The number of hydrogen-bond acceptors (Lipinski definition) is 7. The summed E-state index contributed by atoms with van der Waals surface area (Å²) in [7, 11) is -1.11. The Balaban J connectivity index is 1.29. The van der Waals surface area contributed by atoms with Gasteiger partial charge in [0.1, 0.15) is 5.75 Å². The monoisotopic (exact) mass is 578 g/mol. The number of phenolic OH excluding ortho intramolecular Hbond substituents is 1. The van der Waals surface area contributed by atoms with Gasteiger partial charge in [-0.1, -0.05) is 60.2 Å². The maximum atomic E-state index is 13.9. The minimum absolute atomic E-state index is 0.176. The molecule has 0 radical (unpaired) electrons. The van der Waals surface area contributed by atoms with Gasteiger partial charge in [-0.3, -0.25) is 19.7 Å². The SMILES string of the molecule is CC1=C2[C@@H](CC/C(=C/c3ccccc3O)c3ccccc3)OB(O)C[C@@H]2[C@@H]2C(=O)N(c3cccc([N+](=O)[O-])c3)C(=O)[C@@H]2C1. The van der Waals surface area contributed by atoms with Crippen molar-refractivity contribution < 1.29 is 29.3 Å². The third-order valence-corrected chi connectivity index (χ3v) is 8.84. The van der Waals surface area contributed by atoms with Crippen LogP contribution >= 0.6 is 0 Å². The van der Waals surface area contributed by atoms with Crippen molar-refractivity contribution in [3.05, 3.63) is 111 Å². The number of amides is 2. The summed E-state index contributed by atoms with van der Waals surface area (Å²) < 4.78 is 6.09. The molecule has 10 heteroatoms. The molecule has 3 aromatic rings. The average molecular weight is 578 g/mol. The number of benzene rings is 3. The molecule has 4 atom stereocenters. The van der Waals surface area contributed by atoms with Gasteiger partial charge in [0.2, 0.25) is 11.8 Å². The topological polar surface area (TPSA) is 130 Å². The van der Waals surface area contributed by atoms with Crippen molar-refractivity contribution in [2.45, 2.75) is 38.6 Å². The van der Waals surface area contributed by atoms with Crippen molar-refractivity contribution in [1.29, 1.82) is 0 Å². The summed E-state index contributed by atoms with van der Waals surface area (Å²) in [6.45, 7) is 1.95. The molecule has 2 heterocycles. The lowest BCUT2D eigenvalue weighted by Gasteiger charge is -2.42. The number of aromatic hydroxyl groups is 1. The second-order valence-corrected chi connectivity index (χ2v) is 11.4. The lowest BCUT2D eigenvalue weighted by atomic mass is 9.58. The van der Waals surface area contributed by atoms with Crippen LogP contribution in [0.25, 0.3) is 11.6 Å². The average Bonchev–Trinajstić information content (AvgIpc) is 3.25. The number of rotatable bonds is 7. The first-order valence-corrected chi connectivity index (χ1v) is 14.4. The van der Waals surface area contributed by atoms with Crippen LogP contribution in [0.2, 0.25) is 6.32 Å². The number of nitro groups is 1. The minimum Gasteiger partial charge on any atom is -0.507 e. The minimum atomic E-state index is -1.11. The van der Waals surface area contributed by atoms with E-state index in [9.17, 15) is 29.8 Å². The second-order valence-electron chi connectivity index (χ2n) is 11.4. The van der Waals surface area contributed by atoms with Crippen LogP contribution in [-0.4, -0.2) is 40.1 Å². The van der Waals surface area contributed by atoms with E-state index in [-0.39, 0.29) is 29.4 Å². The van der Waals surface area contributed by atoms with E-state index in [4.69, 9.17) is 4.65 Å². The highest BCUT2D eigenvalue weighted by Crippen LogP contribution is 2.51. The Hall–Kier alpha value is -4.54. The van der Waals surface area contributed by atoms with Crippen LogP contribution in [0.4, 0.5) is 11.4 Å². The van der Waals surface area contributed by atoms with Crippen LogP contribution < -0.4 is 4.90 Å². The summed E-state index contributed by atoms with van der Waals surface area (Å²) >= 11 is 0. The number of nitrogens with zero attached hydrogens (tertiary/aromatic N) is 2. The molecule has 3 aliphatic rings. The fraction of sp³-hybridized carbons (Fsp3) is 0.273. The number of phenols is 1. The molecule has 0 aromatic heterocycles. The predicted molar refractivity (Wildman–Crippen MR) is 163 cm³/mol. The molecular formula is C33H31BN2O7. The van der Waals surface area contributed by atoms with E-state index in [1.165, 1.54) is 24.3 Å². The molecule has 2 amide bonds. The van der Waals surface area contributed by atoms with Crippen molar-refractivity contribution in [2.24, 2.45) is 17.8 Å². The number of carbonyl (C=O) groups is 2. The van der Waals surface area contributed by atoms with E-state index in [0.717, 1.165) is 27.2 Å². The highest BCUT2D eigenvalue weighted by molar-refractivity contribution is 6.43. The Morgan fingerprint density at radius 3 is 2.53 bits per heavy atom. The Bertz CT molecular complexity index is 1650. The van der Waals surface area contributed by atoms with Crippen molar-refractivity contribution in [2.75, 3.05) is 4.90 Å². The predicted octanol–water partition coefficient (Wildman–Crippen LogP) is 5.64. The third kappa shape index (κ3) is 5.39. The van der Waals surface area contributed by atoms with Crippen molar-refractivity contribution >= 4 is 42.0 Å². The lowest BCUT2D eigenvalue weighted by molar-refractivity contribution is -0.384. The zero-order chi connectivity index (χ0) is 30.2. The molecule has 2 saturated heterocycles. The van der Waals surface area contributed by atoms with Crippen molar-refractivity contribution in [3.8, 4) is 5.75 Å². The van der Waals surface area contributed by atoms with Crippen LogP contribution in [0, 0.1) is 27.9 Å². The Kier molecular flexibility index (Phi) is 7.73. The molecule has 0 saturated carbocycles. The number of carbonyl (C=O) groups excluding carboxylic acids is 2. The van der Waals surface area contributed by atoms with Crippen LogP contribution in [0.1, 0.15) is 37.3 Å². The molecule has 0 spiro atoms. The number of nitro benzene ring substituents is 1. The molecule has 0 unspecified atom stereocenters. The quantitative estimate of drug-likeness (QED) is 0.0927. The summed E-state index contributed by atoms with van der Waals surface area (Å²) in [5.41, 5.74) is 4.57. The van der Waals surface area contributed by atoms with Gasteiger partial charge in [-0.2, -0.15) is 0 Å². The normalized spacial score (nSPS) is 23.8. The smallest absolute Gasteiger partial charge is 0.455 e. The van der Waals surface area contributed by atoms with Crippen LogP contribution in [-0.2, 0) is 14.2 Å². The summed E-state index contributed by atoms with van der Waals surface area (Å²) in [5.74, 6) is -2.28. The first-order chi connectivity index (χ1) is 20.7. The maximum absolute atomic E-state index is 13.9. The van der Waals surface area contributed by atoms with Gasteiger partial charge >= 0.3 is 7.12 Å². The summed E-state index contributed by atoms with van der Waals surface area (Å²) in [5, 5.41) is 32.6. The van der Waals surface area contributed by atoms with Gasteiger partial charge in [-0.05, 0) is 73.3 Å². The summed E-state index contributed by atoms with van der Waals surface area (Å²) in [6, 6.07) is 22.5. The maximum Gasteiger partial charge on any atom is 0.455 e. The number of fused-ring (bicyclic) bond motifs is 3. The molecule has 2 aliphatic heterocycles. The second kappa shape index (κ2) is 11.6. The molecule has 9 nitrogen and oxygen atoms in total. The first kappa shape index (κ1) is 28.6. The number of non-ortho nitro benzene ring substituents is 1. The number of anilines is 1. The van der Waals surface area contributed by atoms with E-state index in [1.54, 1.807) is 12.1 Å². The molecule has 6 rings (SSSR count). The summed E-state index contributed by atoms with van der Waals surface area (Å²) in [6.07, 6.45) is 3.13. The number of para-hydroxylation sites is 1. The molecule has 2 fully saturated rings. The Morgan fingerprint density at radius 1 is 1.05 bits per heavy atom. The zero-order valence-corrected chi connectivity index (χ0v) is 23.6. The van der Waals surface area contributed by atoms with Gasteiger partial charge in [-0.15, -0.1) is 0 Å². The zero-order valence-electron chi connectivity index (χ0n) is 23.6. The van der Waals surface area contributed by atoms with E-state index in [0.29, 0.717) is 24.8 Å². The van der Waals surface area contributed by atoms with E-state index in [2.05, 4.69) is 0 Å². The van der Waals surface area contributed by atoms with Gasteiger partial charge in [0.05, 0.1) is 28.6 Å². The standard InChI is InChI=1S/C33H31BN2O7/c1-20-16-26-31(33(39)35(32(26)38)24-11-7-12-25(18-24)36(41)42)27-19-34(40)43-29(30(20)27)15-14-22(21-8-3-2-4-9-21)17-23-10-5-6-13-28(23)37/h2-13,17-18,26-27,29,31,37,40H,14-16,19H2,1H3/b22-17-/t26-,27+,29-,31-/m1/s1. The van der Waals surface area contributed by atoms with Gasteiger partial charge in [0.25, 0.3) is 5.69 Å². The van der Waals surface area contributed by atoms with E-state index >= 15 is 0 Å². The molecule has 2 N–H and O–H groups in total. The molecule has 218 valence electrons. The number of allylic oxidation sites excluding steroid dienone is 2. The van der Waals surface area contributed by atoms with Gasteiger partial charge in [0, 0.05) is 17.7 Å². The fourth-order valence-corrected chi connectivity index (χ4v) is 6.96. The van der Waals surface area contributed by atoms with Gasteiger partial charge in [-0.25, -0.2) is 4.90 Å². The van der Waals surface area contributed by atoms with Crippen molar-refractivity contribution in [3.63, 3.8) is 0 Å². The Morgan fingerprint density at radius 2 is 1.79 bits per heavy atom. The molecule has 43 heavy (non-hydrogen) atoms. The molecular weight excluding hydrogens is 547 g/mol.